The Morgan fingerprint density at radius 2 is 2.29 bits per heavy atom. The van der Waals surface area contributed by atoms with Gasteiger partial charge in [-0.25, -0.2) is 13.6 Å². The van der Waals surface area contributed by atoms with Crippen molar-refractivity contribution in [3.63, 3.8) is 0 Å². The first-order valence-corrected chi connectivity index (χ1v) is 8.14. The summed E-state index contributed by atoms with van der Waals surface area (Å²) in [4.78, 5) is 11.8. The van der Waals surface area contributed by atoms with Gasteiger partial charge in [-0.2, -0.15) is 0 Å². The van der Waals surface area contributed by atoms with Gasteiger partial charge in [0.2, 0.25) is 15.9 Å². The molecule has 7 nitrogen and oxygen atoms in total. The molecule has 1 aliphatic heterocycles. The number of carbonyl (C=O) groups is 1. The summed E-state index contributed by atoms with van der Waals surface area (Å²) in [5, 5.41) is 7.84. The van der Waals surface area contributed by atoms with E-state index in [0.29, 0.717) is 31.9 Å². The van der Waals surface area contributed by atoms with Crippen LogP contribution in [-0.2, 0) is 19.6 Å². The quantitative estimate of drug-likeness (QED) is 0.832. The van der Waals surface area contributed by atoms with Crippen LogP contribution in [0.1, 0.15) is 13.3 Å². The standard InChI is InChI=1S/C13H18N2O5S/c1-2-20-11-4-3-10(7-12(11)21(14,17)18)15-13(16)9-5-6-19-8-9/h3-4,7,9H,2,5-6,8H2,1H3,(H,15,16)(H2,14,17,18). The largest absolute Gasteiger partial charge is 0.492 e. The molecular formula is C13H18N2O5S. The Bertz CT molecular complexity index is 623. The molecule has 2 rings (SSSR count). The van der Waals surface area contributed by atoms with Gasteiger partial charge in [0.15, 0.2) is 0 Å². The second kappa shape index (κ2) is 6.42. The van der Waals surface area contributed by atoms with Crippen LogP contribution in [0.3, 0.4) is 0 Å². The molecule has 1 aliphatic rings. The minimum atomic E-state index is -3.93. The number of ether oxygens (including phenoxy) is 2. The molecule has 1 saturated heterocycles. The van der Waals surface area contributed by atoms with Gasteiger partial charge in [-0.1, -0.05) is 0 Å². The number of nitrogens with two attached hydrogens (primary N) is 1. The number of sulfonamides is 1. The predicted molar refractivity (Wildman–Crippen MR) is 76.5 cm³/mol. The first-order chi connectivity index (χ1) is 9.91. The monoisotopic (exact) mass is 314 g/mol. The molecule has 1 fully saturated rings. The van der Waals surface area contributed by atoms with Gasteiger partial charge in [0, 0.05) is 12.3 Å². The average molecular weight is 314 g/mol. The van der Waals surface area contributed by atoms with Gasteiger partial charge >= 0.3 is 0 Å². The number of hydrogen-bond acceptors (Lipinski definition) is 5. The number of anilines is 1. The van der Waals surface area contributed by atoms with Gasteiger partial charge in [0.05, 0.1) is 19.1 Å². The lowest BCUT2D eigenvalue weighted by molar-refractivity contribution is -0.119. The highest BCUT2D eigenvalue weighted by molar-refractivity contribution is 7.89. The number of nitrogens with one attached hydrogen (secondary N) is 1. The van der Waals surface area contributed by atoms with Crippen LogP contribution >= 0.6 is 0 Å². The van der Waals surface area contributed by atoms with E-state index in [2.05, 4.69) is 5.32 Å². The minimum Gasteiger partial charge on any atom is -0.492 e. The van der Waals surface area contributed by atoms with Crippen LogP contribution in [0.4, 0.5) is 5.69 Å². The summed E-state index contributed by atoms with van der Waals surface area (Å²) in [5.74, 6) is -0.242. The van der Waals surface area contributed by atoms with E-state index in [4.69, 9.17) is 14.6 Å². The van der Waals surface area contributed by atoms with Crippen LogP contribution in [0, 0.1) is 5.92 Å². The summed E-state index contributed by atoms with van der Waals surface area (Å²) in [6, 6.07) is 4.35. The second-order valence-electron chi connectivity index (χ2n) is 4.69. The Morgan fingerprint density at radius 1 is 1.52 bits per heavy atom. The molecule has 21 heavy (non-hydrogen) atoms. The van der Waals surface area contributed by atoms with E-state index in [9.17, 15) is 13.2 Å². The van der Waals surface area contributed by atoms with Gasteiger partial charge in [-0.3, -0.25) is 4.79 Å². The van der Waals surface area contributed by atoms with Gasteiger partial charge < -0.3 is 14.8 Å². The van der Waals surface area contributed by atoms with Crippen molar-refractivity contribution in [1.82, 2.24) is 0 Å². The Balaban J connectivity index is 2.23. The zero-order valence-electron chi connectivity index (χ0n) is 11.7. The summed E-state index contributed by atoms with van der Waals surface area (Å²) in [6.45, 7) is 2.99. The molecule has 1 amide bonds. The van der Waals surface area contributed by atoms with Crippen molar-refractivity contribution in [2.75, 3.05) is 25.1 Å². The van der Waals surface area contributed by atoms with Crippen molar-refractivity contribution in [3.05, 3.63) is 18.2 Å². The smallest absolute Gasteiger partial charge is 0.241 e. The number of rotatable bonds is 5. The maximum absolute atomic E-state index is 12.0. The highest BCUT2D eigenvalue weighted by Gasteiger charge is 2.24. The summed E-state index contributed by atoms with van der Waals surface area (Å²) < 4.78 is 33.6. The van der Waals surface area contributed by atoms with E-state index >= 15 is 0 Å². The van der Waals surface area contributed by atoms with E-state index in [0.717, 1.165) is 0 Å². The number of benzene rings is 1. The lowest BCUT2D eigenvalue weighted by atomic mass is 10.1. The van der Waals surface area contributed by atoms with E-state index in [1.807, 2.05) is 0 Å². The molecule has 0 spiro atoms. The minimum absolute atomic E-state index is 0.148. The van der Waals surface area contributed by atoms with Crippen molar-refractivity contribution < 1.29 is 22.7 Å². The summed E-state index contributed by atoms with van der Waals surface area (Å²) >= 11 is 0. The lowest BCUT2D eigenvalue weighted by Crippen LogP contribution is -2.23. The molecule has 0 radical (unpaired) electrons. The van der Waals surface area contributed by atoms with E-state index < -0.39 is 10.0 Å². The molecule has 1 aromatic carbocycles. The van der Waals surface area contributed by atoms with Crippen molar-refractivity contribution in [1.29, 1.82) is 0 Å². The molecule has 0 bridgehead atoms. The molecule has 116 valence electrons. The third-order valence-electron chi connectivity index (χ3n) is 3.12. The first-order valence-electron chi connectivity index (χ1n) is 6.60. The Labute approximate surface area is 123 Å². The zero-order chi connectivity index (χ0) is 15.5. The fourth-order valence-corrected chi connectivity index (χ4v) is 2.77. The number of primary sulfonamides is 1. The molecule has 1 heterocycles. The van der Waals surface area contributed by atoms with E-state index in [-0.39, 0.29) is 22.5 Å². The third kappa shape index (κ3) is 3.93. The highest BCUT2D eigenvalue weighted by Crippen LogP contribution is 2.27. The normalized spacial score (nSPS) is 18.5. The Morgan fingerprint density at radius 3 is 2.86 bits per heavy atom. The van der Waals surface area contributed by atoms with Gasteiger partial charge in [-0.15, -0.1) is 0 Å². The van der Waals surface area contributed by atoms with Crippen LogP contribution in [-0.4, -0.2) is 34.1 Å². The summed E-state index contributed by atoms with van der Waals surface area (Å²) in [5.41, 5.74) is 0.361. The van der Waals surface area contributed by atoms with E-state index in [1.54, 1.807) is 13.0 Å². The van der Waals surface area contributed by atoms with Crippen LogP contribution in [0.25, 0.3) is 0 Å². The van der Waals surface area contributed by atoms with Crippen molar-refractivity contribution in [3.8, 4) is 5.75 Å². The zero-order valence-corrected chi connectivity index (χ0v) is 12.5. The second-order valence-corrected chi connectivity index (χ2v) is 6.22. The molecule has 0 aromatic heterocycles. The van der Waals surface area contributed by atoms with Crippen LogP contribution in [0.15, 0.2) is 23.1 Å². The fraction of sp³-hybridized carbons (Fsp3) is 0.462. The molecule has 1 aromatic rings. The maximum atomic E-state index is 12.0. The van der Waals surface area contributed by atoms with E-state index in [1.165, 1.54) is 12.1 Å². The number of amides is 1. The van der Waals surface area contributed by atoms with Crippen LogP contribution < -0.4 is 15.2 Å². The topological polar surface area (TPSA) is 108 Å². The number of hydrogen-bond donors (Lipinski definition) is 2. The summed E-state index contributed by atoms with van der Waals surface area (Å²) in [6.07, 6.45) is 0.658. The molecule has 1 atom stereocenters. The van der Waals surface area contributed by atoms with Crippen molar-refractivity contribution in [2.45, 2.75) is 18.2 Å². The molecule has 0 aliphatic carbocycles. The molecular weight excluding hydrogens is 296 g/mol. The third-order valence-corrected chi connectivity index (χ3v) is 4.05. The first kappa shape index (κ1) is 15.7. The van der Waals surface area contributed by atoms with Crippen LogP contribution in [0.2, 0.25) is 0 Å². The van der Waals surface area contributed by atoms with Crippen LogP contribution in [0.5, 0.6) is 5.75 Å². The maximum Gasteiger partial charge on any atom is 0.241 e. The molecule has 8 heteroatoms. The SMILES string of the molecule is CCOc1ccc(NC(=O)C2CCOC2)cc1S(N)(=O)=O. The van der Waals surface area contributed by atoms with Crippen molar-refractivity contribution >= 4 is 21.6 Å². The molecule has 3 N–H and O–H groups in total. The van der Waals surface area contributed by atoms with Gasteiger partial charge in [0.1, 0.15) is 10.6 Å². The molecule has 0 saturated carbocycles. The van der Waals surface area contributed by atoms with Gasteiger partial charge in [0.25, 0.3) is 0 Å². The Kier molecular flexibility index (Phi) is 4.81. The van der Waals surface area contributed by atoms with Gasteiger partial charge in [-0.05, 0) is 31.5 Å². The fourth-order valence-electron chi connectivity index (χ4n) is 2.07. The summed E-state index contributed by atoms with van der Waals surface area (Å²) in [7, 11) is -3.93. The Hall–Kier alpha value is -1.64. The predicted octanol–water partition coefficient (Wildman–Crippen LogP) is 0.708. The lowest BCUT2D eigenvalue weighted by Gasteiger charge is -2.13. The number of carbonyl (C=O) groups excluding carboxylic acids is 1. The highest BCUT2D eigenvalue weighted by atomic mass is 32.2. The average Bonchev–Trinajstić information content (AvgIpc) is 2.93. The van der Waals surface area contributed by atoms with Crippen molar-refractivity contribution in [2.24, 2.45) is 11.1 Å². The molecule has 1 unspecified atom stereocenters.